The summed E-state index contributed by atoms with van der Waals surface area (Å²) in [5.74, 6) is -0.655. The Labute approximate surface area is 214 Å². The number of likely N-dealkylation sites (N-methyl/N-ethyl adjacent to an activating group) is 1. The lowest BCUT2D eigenvalue weighted by molar-refractivity contribution is -0.140. The van der Waals surface area contributed by atoms with Crippen molar-refractivity contribution >= 4 is 32.6 Å². The maximum atomic E-state index is 13.5. The molecule has 1 N–H and O–H groups in total. The van der Waals surface area contributed by atoms with Crippen LogP contribution in [0.3, 0.4) is 0 Å². The summed E-state index contributed by atoms with van der Waals surface area (Å²) < 4.78 is 27.7. The quantitative estimate of drug-likeness (QED) is 0.426. The Balaban J connectivity index is 1.83. The highest BCUT2D eigenvalue weighted by Crippen LogP contribution is 2.21. The first-order chi connectivity index (χ1) is 17.1. The van der Waals surface area contributed by atoms with Gasteiger partial charge in [0, 0.05) is 19.6 Å². The van der Waals surface area contributed by atoms with Gasteiger partial charge in [0.25, 0.3) is 0 Å². The summed E-state index contributed by atoms with van der Waals surface area (Å²) in [6.45, 7) is 5.52. The van der Waals surface area contributed by atoms with Gasteiger partial charge in [0.1, 0.15) is 6.04 Å². The molecular weight excluding hydrogens is 474 g/mol. The van der Waals surface area contributed by atoms with Crippen LogP contribution in [-0.2, 0) is 26.0 Å². The summed E-state index contributed by atoms with van der Waals surface area (Å²) in [6.07, 6.45) is 0.972. The van der Waals surface area contributed by atoms with Gasteiger partial charge in [-0.15, -0.1) is 0 Å². The van der Waals surface area contributed by atoms with Crippen LogP contribution in [0.5, 0.6) is 0 Å². The van der Waals surface area contributed by atoms with E-state index in [1.165, 1.54) is 11.9 Å². The van der Waals surface area contributed by atoms with Crippen LogP contribution in [0, 0.1) is 0 Å². The van der Waals surface area contributed by atoms with Gasteiger partial charge in [-0.05, 0) is 55.2 Å². The average molecular weight is 510 g/mol. The molecule has 0 saturated heterocycles. The van der Waals surface area contributed by atoms with E-state index in [-0.39, 0.29) is 23.4 Å². The zero-order valence-electron chi connectivity index (χ0n) is 21.3. The molecule has 0 bridgehead atoms. The van der Waals surface area contributed by atoms with E-state index in [0.29, 0.717) is 19.4 Å². The Bertz CT molecular complexity index is 1290. The van der Waals surface area contributed by atoms with Crippen LogP contribution >= 0.6 is 0 Å². The molecule has 0 radical (unpaired) electrons. The summed E-state index contributed by atoms with van der Waals surface area (Å²) >= 11 is 0. The van der Waals surface area contributed by atoms with Crippen molar-refractivity contribution in [2.45, 2.75) is 50.6 Å². The van der Waals surface area contributed by atoms with Gasteiger partial charge in [0.05, 0.1) is 11.4 Å². The summed E-state index contributed by atoms with van der Waals surface area (Å²) in [4.78, 5) is 28.1. The highest BCUT2D eigenvalue weighted by molar-refractivity contribution is 7.89. The topological polar surface area (TPSA) is 86.8 Å². The molecule has 0 unspecified atom stereocenters. The van der Waals surface area contributed by atoms with E-state index < -0.39 is 22.0 Å². The average Bonchev–Trinajstić information content (AvgIpc) is 2.86. The number of nitrogens with one attached hydrogen (secondary N) is 1. The van der Waals surface area contributed by atoms with E-state index >= 15 is 0 Å². The first kappa shape index (κ1) is 27.4. The van der Waals surface area contributed by atoms with Crippen molar-refractivity contribution in [3.8, 4) is 0 Å². The number of fused-ring (bicyclic) bond motifs is 1. The number of carbonyl (C=O) groups is 2. The molecule has 3 aromatic rings. The third kappa shape index (κ3) is 6.71. The van der Waals surface area contributed by atoms with Crippen LogP contribution in [0.2, 0.25) is 0 Å². The van der Waals surface area contributed by atoms with Crippen molar-refractivity contribution in [1.29, 1.82) is 0 Å². The number of hydrogen-bond acceptors (Lipinski definition) is 4. The van der Waals surface area contributed by atoms with Crippen LogP contribution in [-0.4, -0.2) is 61.7 Å². The first-order valence-corrected chi connectivity index (χ1v) is 13.7. The standard InChI is InChI=1S/C28H35N3O4S/c1-5-26(28(33)29-21(2)3)31(18-17-22-11-7-6-8-12-22)27(32)20-30(4)36(34,35)25-16-15-23-13-9-10-14-24(23)19-25/h6-16,19,21,26H,5,17-18,20H2,1-4H3,(H,29,33)/t26-/m0/s1. The molecule has 0 heterocycles. The zero-order valence-corrected chi connectivity index (χ0v) is 22.2. The largest absolute Gasteiger partial charge is 0.352 e. The fraction of sp³-hybridized carbons (Fsp3) is 0.357. The van der Waals surface area contributed by atoms with Crippen molar-refractivity contribution in [3.63, 3.8) is 0 Å². The molecule has 2 amide bonds. The van der Waals surface area contributed by atoms with Gasteiger partial charge < -0.3 is 10.2 Å². The summed E-state index contributed by atoms with van der Waals surface area (Å²) in [5, 5.41) is 4.63. The van der Waals surface area contributed by atoms with Gasteiger partial charge in [-0.1, -0.05) is 67.6 Å². The second-order valence-corrected chi connectivity index (χ2v) is 11.2. The predicted molar refractivity (Wildman–Crippen MR) is 143 cm³/mol. The molecule has 3 rings (SSSR count). The van der Waals surface area contributed by atoms with Crippen LogP contribution in [0.15, 0.2) is 77.7 Å². The fourth-order valence-electron chi connectivity index (χ4n) is 4.15. The molecule has 8 heteroatoms. The Morgan fingerprint density at radius 2 is 1.56 bits per heavy atom. The minimum Gasteiger partial charge on any atom is -0.352 e. The summed E-state index contributed by atoms with van der Waals surface area (Å²) in [7, 11) is -2.52. The molecular formula is C28H35N3O4S. The molecule has 192 valence electrons. The van der Waals surface area contributed by atoms with E-state index in [0.717, 1.165) is 20.6 Å². The van der Waals surface area contributed by atoms with E-state index in [1.54, 1.807) is 18.2 Å². The highest BCUT2D eigenvalue weighted by Gasteiger charge is 2.31. The number of benzene rings is 3. The van der Waals surface area contributed by atoms with Gasteiger partial charge in [0.15, 0.2) is 0 Å². The van der Waals surface area contributed by atoms with Gasteiger partial charge >= 0.3 is 0 Å². The minimum atomic E-state index is -3.91. The third-order valence-corrected chi connectivity index (χ3v) is 7.89. The Morgan fingerprint density at radius 3 is 2.19 bits per heavy atom. The molecule has 0 aliphatic heterocycles. The number of hydrogen-bond donors (Lipinski definition) is 1. The second kappa shape index (κ2) is 12.1. The predicted octanol–water partition coefficient (Wildman–Crippen LogP) is 3.83. The molecule has 1 atom stereocenters. The molecule has 0 aliphatic rings. The SMILES string of the molecule is CC[C@@H](C(=O)NC(C)C)N(CCc1ccccc1)C(=O)CN(C)S(=O)(=O)c1ccc2ccccc2c1. The lowest BCUT2D eigenvalue weighted by Gasteiger charge is -2.32. The maximum Gasteiger partial charge on any atom is 0.243 e. The van der Waals surface area contributed by atoms with Gasteiger partial charge in [-0.3, -0.25) is 9.59 Å². The number of carbonyl (C=O) groups excluding carboxylic acids is 2. The summed E-state index contributed by atoms with van der Waals surface area (Å²) in [6, 6.07) is 21.4. The van der Waals surface area contributed by atoms with Crippen LogP contribution in [0.1, 0.15) is 32.8 Å². The Morgan fingerprint density at radius 1 is 0.917 bits per heavy atom. The van der Waals surface area contributed by atoms with Crippen LogP contribution in [0.25, 0.3) is 10.8 Å². The Kier molecular flexibility index (Phi) is 9.23. The van der Waals surface area contributed by atoms with E-state index in [1.807, 2.05) is 75.4 Å². The van der Waals surface area contributed by atoms with Crippen molar-refractivity contribution in [1.82, 2.24) is 14.5 Å². The van der Waals surface area contributed by atoms with Gasteiger partial charge in [-0.2, -0.15) is 4.31 Å². The van der Waals surface area contributed by atoms with Crippen LogP contribution in [0.4, 0.5) is 0 Å². The van der Waals surface area contributed by atoms with E-state index in [4.69, 9.17) is 0 Å². The van der Waals surface area contributed by atoms with Crippen molar-refractivity contribution in [2.24, 2.45) is 0 Å². The summed E-state index contributed by atoms with van der Waals surface area (Å²) in [5.41, 5.74) is 1.03. The molecule has 0 aromatic heterocycles. The Hall–Kier alpha value is -3.23. The zero-order chi connectivity index (χ0) is 26.3. The van der Waals surface area contributed by atoms with Crippen molar-refractivity contribution in [3.05, 3.63) is 78.4 Å². The number of amides is 2. The van der Waals surface area contributed by atoms with E-state index in [2.05, 4.69) is 5.32 Å². The molecule has 0 fully saturated rings. The normalized spacial score (nSPS) is 12.6. The van der Waals surface area contributed by atoms with Gasteiger partial charge in [0.2, 0.25) is 21.8 Å². The monoisotopic (exact) mass is 509 g/mol. The maximum absolute atomic E-state index is 13.5. The van der Waals surface area contributed by atoms with Crippen molar-refractivity contribution < 1.29 is 18.0 Å². The molecule has 36 heavy (non-hydrogen) atoms. The number of rotatable bonds is 11. The second-order valence-electron chi connectivity index (χ2n) is 9.18. The van der Waals surface area contributed by atoms with E-state index in [9.17, 15) is 18.0 Å². The van der Waals surface area contributed by atoms with Crippen molar-refractivity contribution in [2.75, 3.05) is 20.1 Å². The lowest BCUT2D eigenvalue weighted by atomic mass is 10.1. The minimum absolute atomic E-state index is 0.0754. The third-order valence-electron chi connectivity index (χ3n) is 6.09. The smallest absolute Gasteiger partial charge is 0.243 e. The number of nitrogens with zero attached hydrogens (tertiary/aromatic N) is 2. The first-order valence-electron chi connectivity index (χ1n) is 12.2. The number of sulfonamides is 1. The fourth-order valence-corrected chi connectivity index (χ4v) is 5.31. The molecule has 7 nitrogen and oxygen atoms in total. The molecule has 0 aliphatic carbocycles. The van der Waals surface area contributed by atoms with Gasteiger partial charge in [-0.25, -0.2) is 8.42 Å². The highest BCUT2D eigenvalue weighted by atomic mass is 32.2. The molecule has 0 spiro atoms. The molecule has 0 saturated carbocycles. The van der Waals surface area contributed by atoms with Crippen LogP contribution < -0.4 is 5.32 Å². The lowest BCUT2D eigenvalue weighted by Crippen LogP contribution is -2.53. The molecule has 3 aromatic carbocycles.